The Labute approximate surface area is 131 Å². The van der Waals surface area contributed by atoms with Gasteiger partial charge in [-0.2, -0.15) is 10.1 Å². The molecule has 23 heavy (non-hydrogen) atoms. The summed E-state index contributed by atoms with van der Waals surface area (Å²) in [6.07, 6.45) is -0.354. The van der Waals surface area contributed by atoms with E-state index >= 15 is 0 Å². The summed E-state index contributed by atoms with van der Waals surface area (Å²) < 4.78 is 14.9. The number of aryl methyl sites for hydroxylation is 1. The van der Waals surface area contributed by atoms with E-state index < -0.39 is 0 Å². The molecule has 2 heterocycles. The fraction of sp³-hybridized carbons (Fsp3) is 0.118. The second-order valence-corrected chi connectivity index (χ2v) is 5.41. The number of rotatable bonds is 1. The molecule has 6 heteroatoms. The number of fused-ring (bicyclic) bond motifs is 3. The SMILES string of the molecule is Cc1nn2c(nc1=O)-c1ccccc1N[C@H]2c1ccc(F)cc1. The zero-order chi connectivity index (χ0) is 16.0. The number of aromatic nitrogens is 3. The first-order chi connectivity index (χ1) is 11.1. The number of nitrogens with zero attached hydrogens (tertiary/aromatic N) is 3. The molecular weight excluding hydrogens is 295 g/mol. The van der Waals surface area contributed by atoms with E-state index in [9.17, 15) is 9.18 Å². The van der Waals surface area contributed by atoms with E-state index in [-0.39, 0.29) is 17.5 Å². The second-order valence-electron chi connectivity index (χ2n) is 5.41. The molecule has 1 atom stereocenters. The lowest BCUT2D eigenvalue weighted by Crippen LogP contribution is -2.32. The van der Waals surface area contributed by atoms with Crippen molar-refractivity contribution in [3.8, 4) is 11.4 Å². The molecule has 1 aliphatic rings. The Morgan fingerprint density at radius 1 is 1.13 bits per heavy atom. The van der Waals surface area contributed by atoms with E-state index in [0.717, 1.165) is 16.8 Å². The smallest absolute Gasteiger partial charge is 0.294 e. The Bertz CT molecular complexity index is 950. The molecule has 1 N–H and O–H groups in total. The second kappa shape index (κ2) is 5.01. The molecule has 1 aromatic heterocycles. The number of hydrogen-bond acceptors (Lipinski definition) is 4. The number of anilines is 1. The van der Waals surface area contributed by atoms with Crippen molar-refractivity contribution in [2.45, 2.75) is 13.1 Å². The topological polar surface area (TPSA) is 59.8 Å². The Morgan fingerprint density at radius 3 is 2.65 bits per heavy atom. The van der Waals surface area contributed by atoms with Gasteiger partial charge in [-0.3, -0.25) is 4.79 Å². The predicted octanol–water partition coefficient (Wildman–Crippen LogP) is 2.73. The average Bonchev–Trinajstić information content (AvgIpc) is 2.56. The van der Waals surface area contributed by atoms with Gasteiger partial charge in [0.15, 0.2) is 5.82 Å². The molecule has 114 valence electrons. The van der Waals surface area contributed by atoms with E-state index in [2.05, 4.69) is 15.4 Å². The van der Waals surface area contributed by atoms with Crippen LogP contribution in [0.2, 0.25) is 0 Å². The van der Waals surface area contributed by atoms with E-state index in [0.29, 0.717) is 11.5 Å². The highest BCUT2D eigenvalue weighted by Gasteiger charge is 2.26. The molecule has 0 spiro atoms. The molecule has 4 rings (SSSR count). The maximum absolute atomic E-state index is 13.2. The Balaban J connectivity index is 1.96. The number of halogens is 1. The molecular formula is C17H13FN4O. The van der Waals surface area contributed by atoms with Crippen LogP contribution in [0.4, 0.5) is 10.1 Å². The van der Waals surface area contributed by atoms with Crippen LogP contribution in [0, 0.1) is 12.7 Å². The van der Waals surface area contributed by atoms with Crippen LogP contribution in [0.25, 0.3) is 11.4 Å². The van der Waals surface area contributed by atoms with Crippen LogP contribution >= 0.6 is 0 Å². The maximum atomic E-state index is 13.2. The van der Waals surface area contributed by atoms with Gasteiger partial charge in [0.2, 0.25) is 0 Å². The highest BCUT2D eigenvalue weighted by atomic mass is 19.1. The largest absolute Gasteiger partial charge is 0.359 e. The van der Waals surface area contributed by atoms with Crippen LogP contribution in [-0.2, 0) is 0 Å². The fourth-order valence-corrected chi connectivity index (χ4v) is 2.73. The van der Waals surface area contributed by atoms with Gasteiger partial charge in [-0.1, -0.05) is 24.3 Å². The summed E-state index contributed by atoms with van der Waals surface area (Å²) in [4.78, 5) is 16.1. The van der Waals surface area contributed by atoms with Crippen molar-refractivity contribution < 1.29 is 4.39 Å². The Hall–Kier alpha value is -3.02. The Kier molecular flexibility index (Phi) is 2.97. The molecule has 3 aromatic rings. The van der Waals surface area contributed by atoms with E-state index in [1.165, 1.54) is 12.1 Å². The lowest BCUT2D eigenvalue weighted by atomic mass is 10.1. The maximum Gasteiger partial charge on any atom is 0.294 e. The molecule has 0 bridgehead atoms. The molecule has 0 unspecified atom stereocenters. The third kappa shape index (κ3) is 2.19. The van der Waals surface area contributed by atoms with E-state index in [4.69, 9.17) is 0 Å². The van der Waals surface area contributed by atoms with Gasteiger partial charge in [-0.25, -0.2) is 9.07 Å². The normalized spacial score (nSPS) is 15.5. The molecule has 0 amide bonds. The predicted molar refractivity (Wildman–Crippen MR) is 84.6 cm³/mol. The van der Waals surface area contributed by atoms with E-state index in [1.807, 2.05) is 24.3 Å². The quantitative estimate of drug-likeness (QED) is 0.751. The van der Waals surface area contributed by atoms with Crippen molar-refractivity contribution in [3.63, 3.8) is 0 Å². The highest BCUT2D eigenvalue weighted by Crippen LogP contribution is 2.35. The van der Waals surface area contributed by atoms with Gasteiger partial charge in [0.25, 0.3) is 5.56 Å². The van der Waals surface area contributed by atoms with Gasteiger partial charge >= 0.3 is 0 Å². The summed E-state index contributed by atoms with van der Waals surface area (Å²) in [5.74, 6) is 0.205. The van der Waals surface area contributed by atoms with Crippen LogP contribution in [0.1, 0.15) is 17.4 Å². The first-order valence-corrected chi connectivity index (χ1v) is 7.22. The summed E-state index contributed by atoms with van der Waals surface area (Å²) in [5, 5.41) is 7.75. The molecule has 5 nitrogen and oxygen atoms in total. The van der Waals surface area contributed by atoms with Crippen molar-refractivity contribution in [3.05, 3.63) is 76.0 Å². The number of hydrogen-bond donors (Lipinski definition) is 1. The standard InChI is InChI=1S/C17H13FN4O/c1-10-17(23)20-16-13-4-2-3-5-14(13)19-15(22(16)21-10)11-6-8-12(18)9-7-11/h2-9,15,19H,1H3/t15-/m1/s1. The van der Waals surface area contributed by atoms with Gasteiger partial charge < -0.3 is 5.32 Å². The third-order valence-electron chi connectivity index (χ3n) is 3.88. The van der Waals surface area contributed by atoms with Crippen LogP contribution in [-0.4, -0.2) is 14.8 Å². The van der Waals surface area contributed by atoms with Crippen molar-refractivity contribution in [2.75, 3.05) is 5.32 Å². The minimum atomic E-state index is -0.354. The third-order valence-corrected chi connectivity index (χ3v) is 3.88. The van der Waals surface area contributed by atoms with Gasteiger partial charge in [0.1, 0.15) is 17.7 Å². The Morgan fingerprint density at radius 2 is 1.87 bits per heavy atom. The van der Waals surface area contributed by atoms with Gasteiger partial charge in [0.05, 0.1) is 0 Å². The number of benzene rings is 2. The van der Waals surface area contributed by atoms with Crippen LogP contribution in [0.5, 0.6) is 0 Å². The molecule has 0 saturated carbocycles. The van der Waals surface area contributed by atoms with Crippen molar-refractivity contribution >= 4 is 5.69 Å². The first-order valence-electron chi connectivity index (χ1n) is 7.22. The zero-order valence-corrected chi connectivity index (χ0v) is 12.3. The average molecular weight is 308 g/mol. The lowest BCUT2D eigenvalue weighted by molar-refractivity contribution is 0.537. The van der Waals surface area contributed by atoms with E-state index in [1.54, 1.807) is 23.7 Å². The first kappa shape index (κ1) is 13.6. The van der Waals surface area contributed by atoms with Crippen LogP contribution in [0.15, 0.2) is 53.3 Å². The molecule has 0 radical (unpaired) electrons. The molecule has 2 aromatic carbocycles. The lowest BCUT2D eigenvalue weighted by Gasteiger charge is -2.30. The molecule has 0 saturated heterocycles. The van der Waals surface area contributed by atoms with Crippen LogP contribution < -0.4 is 10.9 Å². The van der Waals surface area contributed by atoms with Crippen molar-refractivity contribution in [2.24, 2.45) is 0 Å². The van der Waals surface area contributed by atoms with Gasteiger partial charge in [-0.15, -0.1) is 0 Å². The van der Waals surface area contributed by atoms with Crippen LogP contribution in [0.3, 0.4) is 0 Å². The summed E-state index contributed by atoms with van der Waals surface area (Å²) >= 11 is 0. The fourth-order valence-electron chi connectivity index (χ4n) is 2.73. The summed E-state index contributed by atoms with van der Waals surface area (Å²) in [6.45, 7) is 1.63. The zero-order valence-electron chi connectivity index (χ0n) is 12.3. The minimum Gasteiger partial charge on any atom is -0.359 e. The van der Waals surface area contributed by atoms with Crippen molar-refractivity contribution in [1.29, 1.82) is 0 Å². The van der Waals surface area contributed by atoms with Gasteiger partial charge in [0, 0.05) is 11.3 Å². The van der Waals surface area contributed by atoms with Gasteiger partial charge in [-0.05, 0) is 36.8 Å². The summed E-state index contributed by atoms with van der Waals surface area (Å²) in [7, 11) is 0. The summed E-state index contributed by atoms with van der Waals surface area (Å²) in [5.41, 5.74) is 2.49. The number of nitrogens with one attached hydrogen (secondary N) is 1. The molecule has 1 aliphatic heterocycles. The highest BCUT2D eigenvalue weighted by molar-refractivity contribution is 5.76. The molecule has 0 fully saturated rings. The molecule has 0 aliphatic carbocycles. The minimum absolute atomic E-state index is 0.299. The monoisotopic (exact) mass is 308 g/mol. The number of para-hydroxylation sites is 1. The summed E-state index contributed by atoms with van der Waals surface area (Å²) in [6, 6.07) is 13.8. The van der Waals surface area contributed by atoms with Crippen molar-refractivity contribution in [1.82, 2.24) is 14.8 Å².